The first-order valence-electron chi connectivity index (χ1n) is 8.92. The lowest BCUT2D eigenvalue weighted by Gasteiger charge is -2.22. The van der Waals surface area contributed by atoms with Gasteiger partial charge in [0.25, 0.3) is 0 Å². The third-order valence-electron chi connectivity index (χ3n) is 4.10. The molecule has 2 unspecified atom stereocenters. The van der Waals surface area contributed by atoms with Crippen LogP contribution in [0.5, 0.6) is 0 Å². The Hall–Kier alpha value is -1.64. The van der Waals surface area contributed by atoms with Crippen molar-refractivity contribution >= 4 is 17.4 Å². The summed E-state index contributed by atoms with van der Waals surface area (Å²) in [6.45, 7) is 11.9. The van der Waals surface area contributed by atoms with Crippen molar-refractivity contribution in [3.63, 3.8) is 0 Å². The van der Waals surface area contributed by atoms with Gasteiger partial charge in [-0.05, 0) is 31.4 Å². The van der Waals surface area contributed by atoms with Crippen molar-refractivity contribution in [3.8, 4) is 0 Å². The fraction of sp³-hybridized carbons (Fsp3) is 0.600. The lowest BCUT2D eigenvalue weighted by atomic mass is 9.86. The highest BCUT2D eigenvalue weighted by Gasteiger charge is 2.24. The number of hydrogen-bond acceptors (Lipinski definition) is 2. The lowest BCUT2D eigenvalue weighted by molar-refractivity contribution is -0.121. The average molecular weight is 319 g/mol. The zero-order valence-corrected chi connectivity index (χ0v) is 15.6. The summed E-state index contributed by atoms with van der Waals surface area (Å²) >= 11 is 0. The Morgan fingerprint density at radius 3 is 2.26 bits per heavy atom. The number of unbranched alkanes of at least 4 members (excludes halogenated alkanes) is 1. The number of carbonyl (C=O) groups excluding carboxylic acids is 2. The summed E-state index contributed by atoms with van der Waals surface area (Å²) in [5, 5.41) is 2.96. The molecule has 0 saturated carbocycles. The summed E-state index contributed by atoms with van der Waals surface area (Å²) in [5.41, 5.74) is 1.20. The molecule has 2 atom stereocenters. The summed E-state index contributed by atoms with van der Waals surface area (Å²) in [7, 11) is 0. The predicted molar refractivity (Wildman–Crippen MR) is 98.9 cm³/mol. The number of amides is 1. The van der Waals surface area contributed by atoms with Gasteiger partial charge in [0.15, 0.2) is 5.78 Å². The molecule has 3 heteroatoms. The van der Waals surface area contributed by atoms with Crippen molar-refractivity contribution in [1.82, 2.24) is 0 Å². The van der Waals surface area contributed by atoms with Crippen LogP contribution in [0.3, 0.4) is 0 Å². The van der Waals surface area contributed by atoms with Crippen LogP contribution in [-0.2, 0) is 4.79 Å². The number of hydrogen-bond donors (Lipinski definition) is 1. The van der Waals surface area contributed by atoms with E-state index in [1.54, 1.807) is 12.1 Å². The molecule has 1 aromatic carbocycles. The molecule has 0 heterocycles. The molecule has 0 fully saturated rings. The van der Waals surface area contributed by atoms with E-state index in [2.05, 4.69) is 26.1 Å². The van der Waals surface area contributed by atoms with Gasteiger partial charge in [-0.1, -0.05) is 66.0 Å². The van der Waals surface area contributed by atoms with E-state index in [0.717, 1.165) is 25.7 Å². The molecule has 1 rings (SSSR count). The standard InChI is InChI=1S/C18H27NO2.C2H6/c1-5-7-10-15(13(3)6-2)18(21)19-17-12-9-8-11-16(17)14(4)20;1-2/h8-9,11-13,15H,5-7,10H2,1-4H3,(H,19,21);1-2H3. The lowest BCUT2D eigenvalue weighted by Crippen LogP contribution is -2.28. The van der Waals surface area contributed by atoms with Gasteiger partial charge in [-0.2, -0.15) is 0 Å². The second-order valence-electron chi connectivity index (χ2n) is 5.73. The molecule has 0 bridgehead atoms. The highest BCUT2D eigenvalue weighted by atomic mass is 16.2. The quantitative estimate of drug-likeness (QED) is 0.624. The van der Waals surface area contributed by atoms with Gasteiger partial charge >= 0.3 is 0 Å². The maximum atomic E-state index is 12.6. The topological polar surface area (TPSA) is 46.2 Å². The number of carbonyl (C=O) groups is 2. The van der Waals surface area contributed by atoms with Crippen LogP contribution in [0.15, 0.2) is 24.3 Å². The van der Waals surface area contributed by atoms with Gasteiger partial charge in [0.1, 0.15) is 0 Å². The van der Waals surface area contributed by atoms with Crippen LogP contribution in [0.25, 0.3) is 0 Å². The molecule has 23 heavy (non-hydrogen) atoms. The minimum Gasteiger partial charge on any atom is -0.325 e. The van der Waals surface area contributed by atoms with Gasteiger partial charge in [0.2, 0.25) is 5.91 Å². The first-order valence-corrected chi connectivity index (χ1v) is 8.92. The number of ketones is 1. The summed E-state index contributed by atoms with van der Waals surface area (Å²) in [6, 6.07) is 7.20. The van der Waals surface area contributed by atoms with Crippen molar-refractivity contribution in [1.29, 1.82) is 0 Å². The van der Waals surface area contributed by atoms with E-state index in [4.69, 9.17) is 0 Å². The fourth-order valence-corrected chi connectivity index (χ4v) is 2.51. The summed E-state index contributed by atoms with van der Waals surface area (Å²) in [6.07, 6.45) is 4.02. The fourth-order valence-electron chi connectivity index (χ4n) is 2.51. The maximum Gasteiger partial charge on any atom is 0.227 e. The van der Waals surface area contributed by atoms with Crippen molar-refractivity contribution in [2.75, 3.05) is 5.32 Å². The number of anilines is 1. The summed E-state index contributed by atoms with van der Waals surface area (Å²) < 4.78 is 0. The molecule has 0 aliphatic heterocycles. The molecule has 0 spiro atoms. The van der Waals surface area contributed by atoms with Crippen molar-refractivity contribution in [2.45, 2.75) is 67.2 Å². The second kappa shape index (κ2) is 11.9. The molecule has 1 aromatic rings. The Bertz CT molecular complexity index is 482. The third-order valence-corrected chi connectivity index (χ3v) is 4.10. The van der Waals surface area contributed by atoms with Gasteiger partial charge in [0.05, 0.1) is 5.69 Å². The van der Waals surface area contributed by atoms with Gasteiger partial charge in [-0.25, -0.2) is 0 Å². The van der Waals surface area contributed by atoms with E-state index in [1.807, 2.05) is 26.0 Å². The van der Waals surface area contributed by atoms with Crippen LogP contribution in [0.4, 0.5) is 5.69 Å². The van der Waals surface area contributed by atoms with Crippen LogP contribution >= 0.6 is 0 Å². The molecule has 0 aromatic heterocycles. The molecule has 3 nitrogen and oxygen atoms in total. The smallest absolute Gasteiger partial charge is 0.227 e. The molecule has 1 amide bonds. The van der Waals surface area contributed by atoms with Gasteiger partial charge in [0, 0.05) is 11.5 Å². The van der Waals surface area contributed by atoms with E-state index in [-0.39, 0.29) is 17.6 Å². The normalized spacial score (nSPS) is 12.6. The monoisotopic (exact) mass is 319 g/mol. The molecule has 0 aliphatic carbocycles. The van der Waals surface area contributed by atoms with E-state index >= 15 is 0 Å². The van der Waals surface area contributed by atoms with Crippen LogP contribution in [0.2, 0.25) is 0 Å². The van der Waals surface area contributed by atoms with E-state index in [1.165, 1.54) is 6.92 Å². The zero-order valence-electron chi connectivity index (χ0n) is 15.6. The molecule has 0 aliphatic rings. The zero-order chi connectivity index (χ0) is 17.8. The largest absolute Gasteiger partial charge is 0.325 e. The number of benzene rings is 1. The van der Waals surface area contributed by atoms with Gasteiger partial charge in [-0.3, -0.25) is 9.59 Å². The van der Waals surface area contributed by atoms with Crippen molar-refractivity contribution in [3.05, 3.63) is 29.8 Å². The molecular weight excluding hydrogens is 286 g/mol. The Labute approximate surface area is 141 Å². The Kier molecular flexibility index (Phi) is 11.0. The molecule has 130 valence electrons. The Morgan fingerprint density at radius 1 is 1.13 bits per heavy atom. The first-order chi connectivity index (χ1) is 11.0. The summed E-state index contributed by atoms with van der Waals surface area (Å²) in [4.78, 5) is 24.2. The highest BCUT2D eigenvalue weighted by Crippen LogP contribution is 2.24. The minimum atomic E-state index is -0.0282. The Morgan fingerprint density at radius 2 is 1.74 bits per heavy atom. The van der Waals surface area contributed by atoms with Gasteiger partial charge in [-0.15, -0.1) is 0 Å². The van der Waals surface area contributed by atoms with Crippen LogP contribution in [0, 0.1) is 11.8 Å². The molecule has 0 saturated heterocycles. The number of para-hydroxylation sites is 1. The van der Waals surface area contributed by atoms with Gasteiger partial charge < -0.3 is 5.32 Å². The SMILES string of the molecule is CC.CCCCC(C(=O)Nc1ccccc1C(C)=O)C(C)CC. The first kappa shape index (κ1) is 21.4. The third kappa shape index (κ3) is 6.98. The Balaban J connectivity index is 0.00000232. The van der Waals surface area contributed by atoms with E-state index in [0.29, 0.717) is 17.2 Å². The molecule has 1 N–H and O–H groups in total. The van der Waals surface area contributed by atoms with E-state index < -0.39 is 0 Å². The number of nitrogens with one attached hydrogen (secondary N) is 1. The van der Waals surface area contributed by atoms with Crippen LogP contribution in [-0.4, -0.2) is 11.7 Å². The van der Waals surface area contributed by atoms with E-state index in [9.17, 15) is 9.59 Å². The summed E-state index contributed by atoms with van der Waals surface area (Å²) in [5.74, 6) is 0.363. The van der Waals surface area contributed by atoms with Crippen molar-refractivity contribution in [2.24, 2.45) is 11.8 Å². The minimum absolute atomic E-state index is 0.00923. The second-order valence-corrected chi connectivity index (χ2v) is 5.73. The number of Topliss-reactive ketones (excluding diaryl/α,β-unsaturated/α-hetero) is 1. The van der Waals surface area contributed by atoms with Crippen molar-refractivity contribution < 1.29 is 9.59 Å². The molecular formula is C20H33NO2. The number of rotatable bonds is 8. The van der Waals surface area contributed by atoms with Crippen LogP contribution < -0.4 is 5.32 Å². The highest BCUT2D eigenvalue weighted by molar-refractivity contribution is 6.04. The average Bonchev–Trinajstić information content (AvgIpc) is 2.57. The maximum absolute atomic E-state index is 12.6. The van der Waals surface area contributed by atoms with Crippen LogP contribution in [0.1, 0.15) is 77.6 Å². The molecule has 0 radical (unpaired) electrons. The predicted octanol–water partition coefficient (Wildman–Crippen LogP) is 5.71.